The van der Waals surface area contributed by atoms with Crippen molar-refractivity contribution >= 4 is 5.69 Å². The highest BCUT2D eigenvalue weighted by Crippen LogP contribution is 2.33. The van der Waals surface area contributed by atoms with Crippen LogP contribution in [-0.2, 0) is 4.74 Å². The molecular weight excluding hydrogens is 278 g/mol. The lowest BCUT2D eigenvalue weighted by Gasteiger charge is -2.35. The smallest absolute Gasteiger partial charge is 0.123 e. The van der Waals surface area contributed by atoms with Crippen molar-refractivity contribution in [2.24, 2.45) is 0 Å². The van der Waals surface area contributed by atoms with E-state index in [1.165, 1.54) is 11.3 Å². The van der Waals surface area contributed by atoms with Crippen LogP contribution in [0.2, 0.25) is 0 Å². The van der Waals surface area contributed by atoms with Gasteiger partial charge >= 0.3 is 0 Å². The molecule has 2 fully saturated rings. The zero-order valence-electron chi connectivity index (χ0n) is 13.7. The average molecular weight is 305 g/mol. The minimum atomic E-state index is 0.373. The first-order chi connectivity index (χ1) is 10.8. The molecule has 2 heterocycles. The minimum Gasteiger partial charge on any atom is -0.496 e. The molecule has 1 aromatic rings. The van der Waals surface area contributed by atoms with Crippen molar-refractivity contribution in [2.75, 3.05) is 64.5 Å². The van der Waals surface area contributed by atoms with E-state index in [-0.39, 0.29) is 0 Å². The first-order valence-electron chi connectivity index (χ1n) is 8.25. The summed E-state index contributed by atoms with van der Waals surface area (Å²) >= 11 is 0. The molecule has 5 heteroatoms. The monoisotopic (exact) mass is 305 g/mol. The van der Waals surface area contributed by atoms with Gasteiger partial charge in [-0.3, -0.25) is 4.90 Å². The van der Waals surface area contributed by atoms with Gasteiger partial charge in [0.25, 0.3) is 0 Å². The lowest BCUT2D eigenvalue weighted by Crippen LogP contribution is -2.44. The highest BCUT2D eigenvalue weighted by atomic mass is 16.5. The molecule has 0 amide bonds. The molecule has 5 nitrogen and oxygen atoms in total. The Bertz CT molecular complexity index is 483. The fraction of sp³-hybridized carbons (Fsp3) is 0.647. The van der Waals surface area contributed by atoms with Crippen LogP contribution >= 0.6 is 0 Å². The SMILES string of the molecule is COc1ccc(N2CCOCC2)cc1C(C)N1CCNCC1. The first-order valence-corrected chi connectivity index (χ1v) is 8.25. The Morgan fingerprint density at radius 2 is 1.86 bits per heavy atom. The molecule has 0 spiro atoms. The average Bonchev–Trinajstić information content (AvgIpc) is 2.62. The number of anilines is 1. The molecule has 1 aromatic carbocycles. The number of hydrogen-bond donors (Lipinski definition) is 1. The summed E-state index contributed by atoms with van der Waals surface area (Å²) in [6, 6.07) is 6.95. The standard InChI is InChI=1S/C17H27N3O2/c1-14(19-7-5-18-6-8-19)16-13-15(3-4-17(16)21-2)20-9-11-22-12-10-20/h3-4,13-14,18H,5-12H2,1-2H3. The van der Waals surface area contributed by atoms with Crippen LogP contribution in [0.25, 0.3) is 0 Å². The fourth-order valence-electron chi connectivity index (χ4n) is 3.33. The number of rotatable bonds is 4. The highest BCUT2D eigenvalue weighted by Gasteiger charge is 2.22. The van der Waals surface area contributed by atoms with Crippen molar-refractivity contribution in [2.45, 2.75) is 13.0 Å². The van der Waals surface area contributed by atoms with Crippen LogP contribution in [0.15, 0.2) is 18.2 Å². The Labute approximate surface area is 133 Å². The number of morpholine rings is 1. The normalized spacial score (nSPS) is 21.6. The van der Waals surface area contributed by atoms with Crippen molar-refractivity contribution in [1.82, 2.24) is 10.2 Å². The lowest BCUT2D eigenvalue weighted by molar-refractivity contribution is 0.122. The predicted molar refractivity (Wildman–Crippen MR) is 88.9 cm³/mol. The van der Waals surface area contributed by atoms with Gasteiger partial charge in [-0.25, -0.2) is 0 Å². The van der Waals surface area contributed by atoms with Gasteiger partial charge in [0.1, 0.15) is 5.75 Å². The van der Waals surface area contributed by atoms with Crippen molar-refractivity contribution < 1.29 is 9.47 Å². The predicted octanol–water partition coefficient (Wildman–Crippen LogP) is 1.50. The van der Waals surface area contributed by atoms with E-state index in [1.807, 2.05) is 0 Å². The van der Waals surface area contributed by atoms with E-state index in [0.29, 0.717) is 6.04 Å². The Hall–Kier alpha value is -1.30. The number of hydrogen-bond acceptors (Lipinski definition) is 5. The molecule has 2 aliphatic rings. The van der Waals surface area contributed by atoms with Gasteiger partial charge in [-0.15, -0.1) is 0 Å². The van der Waals surface area contributed by atoms with Gasteiger partial charge < -0.3 is 19.7 Å². The quantitative estimate of drug-likeness (QED) is 0.912. The van der Waals surface area contributed by atoms with E-state index < -0.39 is 0 Å². The van der Waals surface area contributed by atoms with Gasteiger partial charge in [0.05, 0.1) is 20.3 Å². The third-order valence-electron chi connectivity index (χ3n) is 4.74. The molecule has 0 saturated carbocycles. The van der Waals surface area contributed by atoms with Gasteiger partial charge in [0.15, 0.2) is 0 Å². The van der Waals surface area contributed by atoms with Crippen LogP contribution in [0.4, 0.5) is 5.69 Å². The second-order valence-corrected chi connectivity index (χ2v) is 5.99. The zero-order valence-corrected chi connectivity index (χ0v) is 13.7. The van der Waals surface area contributed by atoms with E-state index in [1.54, 1.807) is 7.11 Å². The number of ether oxygens (including phenoxy) is 2. The second-order valence-electron chi connectivity index (χ2n) is 5.99. The Kier molecular flexibility index (Phi) is 5.18. The third-order valence-corrected chi connectivity index (χ3v) is 4.74. The summed E-state index contributed by atoms with van der Waals surface area (Å²) in [5, 5.41) is 3.42. The maximum absolute atomic E-state index is 5.61. The molecule has 2 aliphatic heterocycles. The fourth-order valence-corrected chi connectivity index (χ4v) is 3.33. The largest absolute Gasteiger partial charge is 0.496 e. The van der Waals surface area contributed by atoms with Crippen LogP contribution in [0.1, 0.15) is 18.5 Å². The summed E-state index contributed by atoms with van der Waals surface area (Å²) in [5.41, 5.74) is 2.56. The van der Waals surface area contributed by atoms with Gasteiger partial charge in [-0.1, -0.05) is 0 Å². The Morgan fingerprint density at radius 1 is 1.14 bits per heavy atom. The van der Waals surface area contributed by atoms with E-state index in [2.05, 4.69) is 40.2 Å². The lowest BCUT2D eigenvalue weighted by atomic mass is 10.0. The minimum absolute atomic E-state index is 0.373. The van der Waals surface area contributed by atoms with Gasteiger partial charge in [-0.2, -0.15) is 0 Å². The van der Waals surface area contributed by atoms with Gasteiger partial charge in [0, 0.05) is 56.6 Å². The van der Waals surface area contributed by atoms with E-state index >= 15 is 0 Å². The molecule has 3 rings (SSSR count). The Morgan fingerprint density at radius 3 is 2.55 bits per heavy atom. The number of methoxy groups -OCH3 is 1. The topological polar surface area (TPSA) is 37.0 Å². The molecule has 1 N–H and O–H groups in total. The molecule has 0 aromatic heterocycles. The molecule has 0 radical (unpaired) electrons. The van der Waals surface area contributed by atoms with Crippen molar-refractivity contribution in [3.8, 4) is 5.75 Å². The summed E-state index contributed by atoms with van der Waals surface area (Å²) in [7, 11) is 1.76. The number of nitrogens with zero attached hydrogens (tertiary/aromatic N) is 2. The van der Waals surface area contributed by atoms with Crippen LogP contribution < -0.4 is 15.0 Å². The Balaban J connectivity index is 1.83. The van der Waals surface area contributed by atoms with E-state index in [9.17, 15) is 0 Å². The van der Waals surface area contributed by atoms with Crippen LogP contribution in [-0.4, -0.2) is 64.5 Å². The summed E-state index contributed by atoms with van der Waals surface area (Å²) < 4.78 is 11.1. The summed E-state index contributed by atoms with van der Waals surface area (Å²) in [4.78, 5) is 4.92. The van der Waals surface area contributed by atoms with Crippen molar-refractivity contribution in [3.63, 3.8) is 0 Å². The van der Waals surface area contributed by atoms with Crippen LogP contribution in [0.5, 0.6) is 5.75 Å². The molecule has 0 bridgehead atoms. The maximum atomic E-state index is 5.61. The first kappa shape index (κ1) is 15.6. The van der Waals surface area contributed by atoms with Crippen molar-refractivity contribution in [3.05, 3.63) is 23.8 Å². The molecule has 2 saturated heterocycles. The van der Waals surface area contributed by atoms with Crippen LogP contribution in [0, 0.1) is 0 Å². The van der Waals surface area contributed by atoms with Crippen molar-refractivity contribution in [1.29, 1.82) is 0 Å². The van der Waals surface area contributed by atoms with Crippen LogP contribution in [0.3, 0.4) is 0 Å². The molecule has 1 unspecified atom stereocenters. The molecule has 122 valence electrons. The number of piperazine rings is 1. The number of benzene rings is 1. The van der Waals surface area contributed by atoms with Gasteiger partial charge in [-0.05, 0) is 25.1 Å². The molecular formula is C17H27N3O2. The second kappa shape index (κ2) is 7.31. The summed E-state index contributed by atoms with van der Waals surface area (Å²) in [6.07, 6.45) is 0. The highest BCUT2D eigenvalue weighted by molar-refractivity contribution is 5.54. The molecule has 0 aliphatic carbocycles. The van der Waals surface area contributed by atoms with E-state index in [0.717, 1.165) is 58.2 Å². The third kappa shape index (κ3) is 3.37. The number of nitrogens with one attached hydrogen (secondary N) is 1. The summed E-state index contributed by atoms with van der Waals surface area (Å²) in [5.74, 6) is 0.989. The van der Waals surface area contributed by atoms with Gasteiger partial charge in [0.2, 0.25) is 0 Å². The zero-order chi connectivity index (χ0) is 15.4. The maximum Gasteiger partial charge on any atom is 0.123 e. The molecule has 22 heavy (non-hydrogen) atoms. The van der Waals surface area contributed by atoms with E-state index in [4.69, 9.17) is 9.47 Å². The summed E-state index contributed by atoms with van der Waals surface area (Å²) in [6.45, 7) is 10.2. The molecule has 1 atom stereocenters.